The molecule has 1 atom stereocenters. The Balaban J connectivity index is 1.75. The van der Waals surface area contributed by atoms with Gasteiger partial charge in [0.15, 0.2) is 5.92 Å². The molecule has 0 spiro atoms. The van der Waals surface area contributed by atoms with Crippen LogP contribution in [0, 0.1) is 12.8 Å². The van der Waals surface area contributed by atoms with E-state index >= 15 is 0 Å². The van der Waals surface area contributed by atoms with E-state index in [1.165, 1.54) is 24.0 Å². The van der Waals surface area contributed by atoms with E-state index in [2.05, 4.69) is 0 Å². The molecule has 4 amide bonds. The van der Waals surface area contributed by atoms with Gasteiger partial charge >= 0.3 is 18.2 Å². The molecule has 0 bridgehead atoms. The molecule has 1 saturated heterocycles. The molecule has 2 aliphatic heterocycles. The third-order valence-electron chi connectivity index (χ3n) is 6.93. The minimum absolute atomic E-state index is 0.0693. The van der Waals surface area contributed by atoms with Crippen molar-refractivity contribution in [2.75, 3.05) is 23.4 Å². The van der Waals surface area contributed by atoms with Gasteiger partial charge in [0.1, 0.15) is 0 Å². The molecule has 1 unspecified atom stereocenters. The van der Waals surface area contributed by atoms with Crippen LogP contribution in [0.3, 0.4) is 0 Å². The number of nitrogens with zero attached hydrogens (tertiary/aromatic N) is 3. The number of carboxylic acid groups (broad SMARTS) is 1. The molecular weight excluding hydrogens is 479 g/mol. The number of halogens is 3. The van der Waals surface area contributed by atoms with Gasteiger partial charge in [-0.3, -0.25) is 24.2 Å². The Hall–Kier alpha value is -3.89. The van der Waals surface area contributed by atoms with Crippen LogP contribution in [0.25, 0.3) is 0 Å². The summed E-state index contributed by atoms with van der Waals surface area (Å²) in [5.74, 6) is -4.23. The van der Waals surface area contributed by atoms with Crippen molar-refractivity contribution in [3.8, 4) is 0 Å². The smallest absolute Gasteiger partial charge is 0.416 e. The van der Waals surface area contributed by atoms with Crippen LogP contribution in [0.15, 0.2) is 36.4 Å². The highest BCUT2D eigenvalue weighted by Crippen LogP contribution is 2.43. The van der Waals surface area contributed by atoms with Crippen molar-refractivity contribution in [1.82, 2.24) is 4.90 Å². The average Bonchev–Trinajstić information content (AvgIpc) is 2.96. The Labute approximate surface area is 204 Å². The molecule has 36 heavy (non-hydrogen) atoms. The van der Waals surface area contributed by atoms with E-state index in [9.17, 15) is 37.5 Å². The van der Waals surface area contributed by atoms with Crippen LogP contribution in [0.4, 0.5) is 29.3 Å². The number of likely N-dealkylation sites (N-methyl/N-ethyl adjacent to an activating group) is 1. The van der Waals surface area contributed by atoms with Gasteiger partial charge in [0, 0.05) is 25.0 Å². The Bertz CT molecular complexity index is 1300. The van der Waals surface area contributed by atoms with Crippen molar-refractivity contribution in [2.24, 2.45) is 5.92 Å². The molecule has 11 heteroatoms. The molecule has 1 fully saturated rings. The summed E-state index contributed by atoms with van der Waals surface area (Å²) < 4.78 is 40.1. The Morgan fingerprint density at radius 1 is 1.14 bits per heavy atom. The maximum Gasteiger partial charge on any atom is 0.416 e. The fourth-order valence-corrected chi connectivity index (χ4v) is 4.77. The van der Waals surface area contributed by atoms with Crippen LogP contribution in [0.1, 0.15) is 36.1 Å². The molecule has 190 valence electrons. The number of carbonyl (C=O) groups excluding carboxylic acids is 3. The van der Waals surface area contributed by atoms with Gasteiger partial charge in [0.2, 0.25) is 11.8 Å². The first-order valence-electron chi connectivity index (χ1n) is 11.1. The van der Waals surface area contributed by atoms with E-state index in [0.717, 1.165) is 11.0 Å². The molecule has 1 N–H and O–H groups in total. The van der Waals surface area contributed by atoms with E-state index in [0.29, 0.717) is 16.2 Å². The van der Waals surface area contributed by atoms with E-state index in [4.69, 9.17) is 0 Å². The summed E-state index contributed by atoms with van der Waals surface area (Å²) in [5.41, 5.74) is -0.340. The lowest BCUT2D eigenvalue weighted by atomic mass is 9.86. The first-order valence-corrected chi connectivity index (χ1v) is 11.1. The number of carboxylic acids is 1. The summed E-state index contributed by atoms with van der Waals surface area (Å²) >= 11 is 0. The minimum atomic E-state index is -4.63. The predicted octanol–water partition coefficient (Wildman–Crippen LogP) is 3.94. The number of alkyl halides is 3. The molecule has 2 aromatic rings. The van der Waals surface area contributed by atoms with Crippen molar-refractivity contribution in [3.63, 3.8) is 0 Å². The molecule has 2 heterocycles. The number of fused-ring (bicyclic) bond motifs is 1. The second kappa shape index (κ2) is 8.35. The number of benzene rings is 2. The lowest BCUT2D eigenvalue weighted by molar-refractivity contribution is -0.150. The van der Waals surface area contributed by atoms with Gasteiger partial charge in [-0.1, -0.05) is 12.1 Å². The predicted molar refractivity (Wildman–Crippen MR) is 123 cm³/mol. The average molecular weight is 503 g/mol. The van der Waals surface area contributed by atoms with Gasteiger partial charge in [-0.15, -0.1) is 0 Å². The monoisotopic (exact) mass is 503 g/mol. The number of anilines is 2. The van der Waals surface area contributed by atoms with E-state index in [-0.39, 0.29) is 22.7 Å². The zero-order chi connectivity index (χ0) is 26.7. The fourth-order valence-electron chi connectivity index (χ4n) is 4.77. The summed E-state index contributed by atoms with van der Waals surface area (Å²) in [7, 11) is 1.62. The topological polar surface area (TPSA) is 98.2 Å². The molecular formula is C25H24F3N3O5. The van der Waals surface area contributed by atoms with Crippen molar-refractivity contribution in [3.05, 3.63) is 58.7 Å². The fraction of sp³-hybridized carbons (Fsp3) is 0.360. The van der Waals surface area contributed by atoms with E-state index < -0.39 is 54.1 Å². The summed E-state index contributed by atoms with van der Waals surface area (Å²) in [5, 5.41) is 9.67. The van der Waals surface area contributed by atoms with Crippen molar-refractivity contribution in [1.29, 1.82) is 0 Å². The van der Waals surface area contributed by atoms with Crippen molar-refractivity contribution >= 4 is 35.2 Å². The van der Waals surface area contributed by atoms with Crippen LogP contribution in [-0.2, 0) is 32.5 Å². The van der Waals surface area contributed by atoms with Crippen LogP contribution >= 0.6 is 0 Å². The number of rotatable bonds is 4. The highest BCUT2D eigenvalue weighted by atomic mass is 19.4. The molecule has 0 radical (unpaired) electrons. The Morgan fingerprint density at radius 3 is 2.42 bits per heavy atom. The van der Waals surface area contributed by atoms with Gasteiger partial charge in [0.25, 0.3) is 0 Å². The number of carbonyl (C=O) groups is 4. The summed E-state index contributed by atoms with van der Waals surface area (Å²) in [4.78, 5) is 54.2. The molecule has 4 rings (SSSR count). The first kappa shape index (κ1) is 25.2. The highest BCUT2D eigenvalue weighted by molar-refractivity contribution is 6.13. The third-order valence-corrected chi connectivity index (χ3v) is 6.93. The lowest BCUT2D eigenvalue weighted by Crippen LogP contribution is -2.58. The zero-order valence-corrected chi connectivity index (χ0v) is 20.0. The quantitative estimate of drug-likeness (QED) is 0.638. The first-order chi connectivity index (χ1) is 16.7. The zero-order valence-electron chi connectivity index (χ0n) is 20.0. The second-order valence-electron chi connectivity index (χ2n) is 9.49. The standard InChI is InChI=1S/C25H24F3N3O5/c1-13-14(6-5-7-17(13)25(26,27)28)11-31-20(32)16(21(33)34)12-30(23(31)36)15-8-9-19-18(10-15)24(2,3)22(35)29(19)4/h5-10,16H,11-12H2,1-4H3,(H,33,34). The number of hydrogen-bond acceptors (Lipinski definition) is 4. The number of hydrogen-bond donors (Lipinski definition) is 1. The van der Waals surface area contributed by atoms with E-state index in [1.807, 2.05) is 0 Å². The third kappa shape index (κ3) is 3.88. The van der Waals surface area contributed by atoms with Crippen LogP contribution in [0.2, 0.25) is 0 Å². The Morgan fingerprint density at radius 2 is 1.81 bits per heavy atom. The Kier molecular flexibility index (Phi) is 5.85. The molecule has 2 aliphatic rings. The van der Waals surface area contributed by atoms with Gasteiger partial charge in [0.05, 0.1) is 17.5 Å². The molecule has 8 nitrogen and oxygen atoms in total. The van der Waals surface area contributed by atoms with Crippen molar-refractivity contribution in [2.45, 2.75) is 38.9 Å². The minimum Gasteiger partial charge on any atom is -0.481 e. The van der Waals surface area contributed by atoms with Gasteiger partial charge in [-0.2, -0.15) is 13.2 Å². The molecule has 0 aliphatic carbocycles. The van der Waals surface area contributed by atoms with Gasteiger partial charge in [-0.25, -0.2) is 4.79 Å². The van der Waals surface area contributed by atoms with Crippen LogP contribution in [-0.4, -0.2) is 47.4 Å². The second-order valence-corrected chi connectivity index (χ2v) is 9.49. The summed E-state index contributed by atoms with van der Waals surface area (Å²) in [6, 6.07) is 7.37. The molecule has 0 aromatic heterocycles. The maximum atomic E-state index is 13.4. The number of aliphatic carboxylic acids is 1. The van der Waals surface area contributed by atoms with E-state index in [1.54, 1.807) is 39.1 Å². The normalized spacial score (nSPS) is 19.7. The number of urea groups is 1. The number of imide groups is 1. The van der Waals surface area contributed by atoms with Crippen molar-refractivity contribution < 1.29 is 37.5 Å². The summed E-state index contributed by atoms with van der Waals surface area (Å²) in [6.45, 7) is 3.72. The summed E-state index contributed by atoms with van der Waals surface area (Å²) in [6.07, 6.45) is -4.63. The maximum absolute atomic E-state index is 13.4. The highest BCUT2D eigenvalue weighted by Gasteiger charge is 2.46. The van der Waals surface area contributed by atoms with Crippen LogP contribution in [0.5, 0.6) is 0 Å². The number of amides is 4. The SMILES string of the molecule is Cc1c(CN2C(=O)C(C(=O)O)CN(c3ccc4c(c3)C(C)(C)C(=O)N4C)C2=O)cccc1C(F)(F)F. The van der Waals surface area contributed by atoms with Gasteiger partial charge < -0.3 is 10.0 Å². The molecule has 2 aromatic carbocycles. The largest absolute Gasteiger partial charge is 0.481 e. The van der Waals surface area contributed by atoms with Crippen LogP contribution < -0.4 is 9.80 Å². The lowest BCUT2D eigenvalue weighted by Gasteiger charge is -2.37. The molecule has 0 saturated carbocycles. The van der Waals surface area contributed by atoms with Gasteiger partial charge in [-0.05, 0) is 61.7 Å².